The highest BCUT2D eigenvalue weighted by molar-refractivity contribution is 7.47. The fraction of sp³-hybridized carbons (Fsp3) is 0.800. The zero-order chi connectivity index (χ0) is 42.7. The van der Waals surface area contributed by atoms with Gasteiger partial charge in [-0.1, -0.05) is 140 Å². The SMILES string of the molecule is CC/C=C\C/C=C\C/C=C\CCCCCCCCOCC(COP(=O)(O)OC1C(O)C(O)C(O)C(O)C1O)OC(=O)CCCCCCC/C=C\CCCCCCCC. The molecule has 0 radical (unpaired) electrons. The molecule has 1 rings (SSSR count). The Morgan fingerprint density at radius 1 is 0.569 bits per heavy atom. The third kappa shape index (κ3) is 27.9. The molecule has 12 nitrogen and oxygen atoms in total. The van der Waals surface area contributed by atoms with E-state index in [2.05, 4.69) is 62.5 Å². The van der Waals surface area contributed by atoms with E-state index < -0.39 is 63.1 Å². The second kappa shape index (κ2) is 36.0. The average molecular weight is 845 g/mol. The fourth-order valence-electron chi connectivity index (χ4n) is 6.60. The van der Waals surface area contributed by atoms with E-state index in [-0.39, 0.29) is 13.0 Å². The van der Waals surface area contributed by atoms with Gasteiger partial charge in [-0.3, -0.25) is 13.8 Å². The summed E-state index contributed by atoms with van der Waals surface area (Å²) in [5, 5.41) is 50.1. The van der Waals surface area contributed by atoms with Crippen LogP contribution in [0.2, 0.25) is 0 Å². The largest absolute Gasteiger partial charge is 0.472 e. The number of rotatable bonds is 37. The van der Waals surface area contributed by atoms with Crippen molar-refractivity contribution in [3.63, 3.8) is 0 Å². The van der Waals surface area contributed by atoms with Crippen molar-refractivity contribution in [3.8, 4) is 0 Å². The summed E-state index contributed by atoms with van der Waals surface area (Å²) in [6.45, 7) is 4.10. The van der Waals surface area contributed by atoms with Gasteiger partial charge in [0.25, 0.3) is 0 Å². The minimum absolute atomic E-state index is 0.0899. The zero-order valence-corrected chi connectivity index (χ0v) is 36.7. The second-order valence-electron chi connectivity index (χ2n) is 15.5. The first-order chi connectivity index (χ1) is 28.0. The molecular formula is C45H81O12P. The smallest absolute Gasteiger partial charge is 0.457 e. The van der Waals surface area contributed by atoms with E-state index in [1.54, 1.807) is 0 Å². The third-order valence-electron chi connectivity index (χ3n) is 10.2. The Balaban J connectivity index is 2.43. The van der Waals surface area contributed by atoms with Gasteiger partial charge in [-0.15, -0.1) is 0 Å². The molecule has 0 aromatic rings. The highest BCUT2D eigenvalue weighted by Gasteiger charge is 2.51. The van der Waals surface area contributed by atoms with Crippen LogP contribution in [0.3, 0.4) is 0 Å². The summed E-state index contributed by atoms with van der Waals surface area (Å²) in [4.78, 5) is 23.1. The van der Waals surface area contributed by atoms with Crippen LogP contribution >= 0.6 is 7.82 Å². The zero-order valence-electron chi connectivity index (χ0n) is 35.8. The van der Waals surface area contributed by atoms with Gasteiger partial charge in [-0.25, -0.2) is 4.57 Å². The highest BCUT2D eigenvalue weighted by atomic mass is 31.2. The maximum absolute atomic E-state index is 12.8. The van der Waals surface area contributed by atoms with E-state index >= 15 is 0 Å². The standard InChI is InChI=1S/C45H81O12P/c1-3-5-7-9-11-13-15-17-19-21-23-25-27-29-31-33-35-54-36-38(37-55-58(52,53)57-45-43(50)41(48)40(47)42(49)44(45)51)56-39(46)34-32-30-28-26-24-22-20-18-16-14-12-10-8-6-4-2/h5,7,11,13,17-20,38,40-45,47-51H,3-4,6,8-10,12,14-16,21-37H2,1-2H3,(H,52,53)/b7-5-,13-11-,19-17-,20-18-. The highest BCUT2D eigenvalue weighted by Crippen LogP contribution is 2.47. The molecule has 58 heavy (non-hydrogen) atoms. The lowest BCUT2D eigenvalue weighted by molar-refractivity contribution is -0.220. The van der Waals surface area contributed by atoms with E-state index in [0.717, 1.165) is 103 Å². The van der Waals surface area contributed by atoms with Gasteiger partial charge in [0.2, 0.25) is 0 Å². The summed E-state index contributed by atoms with van der Waals surface area (Å²) in [6.07, 6.45) is 30.3. The second-order valence-corrected chi connectivity index (χ2v) is 16.9. The van der Waals surface area contributed by atoms with Crippen LogP contribution in [0, 0.1) is 0 Å². The summed E-state index contributed by atoms with van der Waals surface area (Å²) in [5.41, 5.74) is 0. The van der Waals surface area contributed by atoms with Gasteiger partial charge in [-0.05, 0) is 70.6 Å². The molecule has 0 heterocycles. The Bertz CT molecular complexity index is 1140. The topological polar surface area (TPSA) is 192 Å². The van der Waals surface area contributed by atoms with Crippen molar-refractivity contribution in [1.82, 2.24) is 0 Å². The van der Waals surface area contributed by atoms with Gasteiger partial charge < -0.3 is 39.9 Å². The number of phosphoric ester groups is 1. The molecule has 0 amide bonds. The molecule has 0 saturated heterocycles. The van der Waals surface area contributed by atoms with Crippen molar-refractivity contribution >= 4 is 13.8 Å². The van der Waals surface area contributed by atoms with Gasteiger partial charge in [0, 0.05) is 13.0 Å². The molecule has 0 bridgehead atoms. The number of unbranched alkanes of at least 4 members (excludes halogenated alkanes) is 17. The lowest BCUT2D eigenvalue weighted by Gasteiger charge is -2.41. The lowest BCUT2D eigenvalue weighted by atomic mass is 9.85. The van der Waals surface area contributed by atoms with Gasteiger partial charge >= 0.3 is 13.8 Å². The van der Waals surface area contributed by atoms with Crippen molar-refractivity contribution in [1.29, 1.82) is 0 Å². The number of ether oxygens (including phenoxy) is 2. The summed E-state index contributed by atoms with van der Waals surface area (Å²) in [7, 11) is -5.02. The van der Waals surface area contributed by atoms with Crippen LogP contribution in [-0.4, -0.2) is 98.9 Å². The minimum atomic E-state index is -5.02. The number of carbonyl (C=O) groups excluding carboxylic acids is 1. The molecule has 6 atom stereocenters. The summed E-state index contributed by atoms with van der Waals surface area (Å²) in [6, 6.07) is 0. The van der Waals surface area contributed by atoms with Crippen molar-refractivity contribution in [2.45, 2.75) is 211 Å². The predicted octanol–water partition coefficient (Wildman–Crippen LogP) is 8.86. The van der Waals surface area contributed by atoms with Gasteiger partial charge in [0.15, 0.2) is 0 Å². The molecule has 0 aliphatic heterocycles. The van der Waals surface area contributed by atoms with Gasteiger partial charge in [0.1, 0.15) is 42.7 Å². The first-order valence-electron chi connectivity index (χ1n) is 22.5. The molecule has 1 aliphatic rings. The number of esters is 1. The molecule has 0 aromatic carbocycles. The van der Waals surface area contributed by atoms with E-state index in [1.807, 2.05) is 0 Å². The Kier molecular flexibility index (Phi) is 33.7. The van der Waals surface area contributed by atoms with Crippen molar-refractivity contribution in [2.24, 2.45) is 0 Å². The Hall–Kier alpha value is -1.70. The summed E-state index contributed by atoms with van der Waals surface area (Å²) in [5.74, 6) is -0.493. The van der Waals surface area contributed by atoms with Crippen LogP contribution in [0.15, 0.2) is 48.6 Å². The van der Waals surface area contributed by atoms with Crippen molar-refractivity contribution in [2.75, 3.05) is 19.8 Å². The normalized spacial score (nSPS) is 23.1. The first kappa shape index (κ1) is 54.3. The molecular weight excluding hydrogens is 763 g/mol. The van der Waals surface area contributed by atoms with Crippen LogP contribution in [-0.2, 0) is 27.9 Å². The van der Waals surface area contributed by atoms with Crippen LogP contribution in [0.5, 0.6) is 0 Å². The number of hydrogen-bond donors (Lipinski definition) is 6. The molecule has 1 saturated carbocycles. The maximum atomic E-state index is 12.8. The Morgan fingerprint density at radius 2 is 1.02 bits per heavy atom. The van der Waals surface area contributed by atoms with Crippen LogP contribution < -0.4 is 0 Å². The Morgan fingerprint density at radius 3 is 1.57 bits per heavy atom. The third-order valence-corrected chi connectivity index (χ3v) is 11.2. The van der Waals surface area contributed by atoms with E-state index in [1.165, 1.54) is 38.5 Å². The van der Waals surface area contributed by atoms with E-state index in [0.29, 0.717) is 13.0 Å². The van der Waals surface area contributed by atoms with Crippen LogP contribution in [0.25, 0.3) is 0 Å². The number of aliphatic hydroxyl groups excluding tert-OH is 5. The molecule has 13 heteroatoms. The molecule has 338 valence electrons. The number of allylic oxidation sites excluding steroid dienone is 8. The molecule has 0 spiro atoms. The number of hydrogen-bond acceptors (Lipinski definition) is 11. The quantitative estimate of drug-likeness (QED) is 0.0151. The van der Waals surface area contributed by atoms with Gasteiger partial charge in [-0.2, -0.15) is 0 Å². The number of aliphatic hydroxyl groups is 5. The number of phosphoric acid groups is 1. The molecule has 0 aromatic heterocycles. The minimum Gasteiger partial charge on any atom is -0.457 e. The van der Waals surface area contributed by atoms with Crippen LogP contribution in [0.1, 0.15) is 168 Å². The molecule has 1 fully saturated rings. The maximum Gasteiger partial charge on any atom is 0.472 e. The molecule has 6 N–H and O–H groups in total. The summed E-state index contributed by atoms with van der Waals surface area (Å²) >= 11 is 0. The fourth-order valence-corrected chi connectivity index (χ4v) is 7.57. The lowest BCUT2D eigenvalue weighted by Crippen LogP contribution is -2.64. The molecule has 1 aliphatic carbocycles. The number of carbonyl (C=O) groups is 1. The van der Waals surface area contributed by atoms with Gasteiger partial charge in [0.05, 0.1) is 13.2 Å². The van der Waals surface area contributed by atoms with E-state index in [4.69, 9.17) is 18.5 Å². The summed E-state index contributed by atoms with van der Waals surface area (Å²) < 4.78 is 34.1. The monoisotopic (exact) mass is 845 g/mol. The molecule has 6 unspecified atom stereocenters. The predicted molar refractivity (Wildman–Crippen MR) is 230 cm³/mol. The Labute approximate surface area is 350 Å². The van der Waals surface area contributed by atoms with Crippen molar-refractivity contribution < 1.29 is 58.3 Å². The van der Waals surface area contributed by atoms with Crippen LogP contribution in [0.4, 0.5) is 0 Å². The van der Waals surface area contributed by atoms with Crippen molar-refractivity contribution in [3.05, 3.63) is 48.6 Å². The van der Waals surface area contributed by atoms with E-state index in [9.17, 15) is 39.8 Å². The average Bonchev–Trinajstić information content (AvgIpc) is 3.21. The first-order valence-corrected chi connectivity index (χ1v) is 24.0.